The highest BCUT2D eigenvalue weighted by atomic mass is 16.5. The molecular weight excluding hydrogens is 178 g/mol. The zero-order chi connectivity index (χ0) is 9.80. The average molecular weight is 189 g/mol. The molecule has 0 fully saturated rings. The highest BCUT2D eigenvalue weighted by Crippen LogP contribution is 2.12. The van der Waals surface area contributed by atoms with E-state index in [4.69, 9.17) is 4.74 Å². The third-order valence-corrected chi connectivity index (χ3v) is 2.09. The second-order valence-corrected chi connectivity index (χ2v) is 3.16. The molecule has 1 aromatic rings. The van der Waals surface area contributed by atoms with Crippen molar-refractivity contribution >= 4 is 5.78 Å². The van der Waals surface area contributed by atoms with Gasteiger partial charge in [0.1, 0.15) is 0 Å². The number of rotatable bonds is 3. The van der Waals surface area contributed by atoms with Gasteiger partial charge in [-0.05, 0) is 23.8 Å². The largest absolute Gasteiger partial charge is 0.490 e. The summed E-state index contributed by atoms with van der Waals surface area (Å²) in [6, 6.07) is 3.68. The zero-order valence-corrected chi connectivity index (χ0v) is 7.77. The summed E-state index contributed by atoms with van der Waals surface area (Å²) < 4.78 is 5.18. The number of nitrogens with zero attached hydrogens (tertiary/aromatic N) is 1. The summed E-state index contributed by atoms with van der Waals surface area (Å²) in [4.78, 5) is 15.5. The van der Waals surface area contributed by atoms with E-state index in [0.29, 0.717) is 18.8 Å². The van der Waals surface area contributed by atoms with Gasteiger partial charge >= 0.3 is 0 Å². The van der Waals surface area contributed by atoms with E-state index >= 15 is 0 Å². The van der Waals surface area contributed by atoms with E-state index in [9.17, 15) is 4.79 Å². The Morgan fingerprint density at radius 1 is 1.43 bits per heavy atom. The number of hydrogen-bond acceptors (Lipinski definition) is 3. The Morgan fingerprint density at radius 2 is 2.21 bits per heavy atom. The van der Waals surface area contributed by atoms with Crippen LogP contribution in [0, 0.1) is 0 Å². The van der Waals surface area contributed by atoms with Crippen LogP contribution in [-0.2, 0) is 16.0 Å². The van der Waals surface area contributed by atoms with Crippen LogP contribution in [0.5, 0.6) is 0 Å². The van der Waals surface area contributed by atoms with Crippen LogP contribution >= 0.6 is 0 Å². The number of ether oxygens (including phenoxy) is 1. The summed E-state index contributed by atoms with van der Waals surface area (Å²) >= 11 is 0. The monoisotopic (exact) mass is 189 g/mol. The lowest BCUT2D eigenvalue weighted by molar-refractivity contribution is -0.117. The maximum Gasteiger partial charge on any atom is 0.201 e. The molecular formula is C11H11NO2. The molecule has 2 heterocycles. The number of aromatic nitrogens is 1. The normalized spacial score (nSPS) is 14.7. The quantitative estimate of drug-likeness (QED) is 0.723. The molecule has 1 aromatic heterocycles. The number of Topliss-reactive ketones (excluding diaryl/α,β-unsaturated/α-hetero) is 1. The predicted molar refractivity (Wildman–Crippen MR) is 51.6 cm³/mol. The first-order chi connectivity index (χ1) is 6.86. The van der Waals surface area contributed by atoms with Crippen molar-refractivity contribution in [2.24, 2.45) is 0 Å². The van der Waals surface area contributed by atoms with Crippen molar-refractivity contribution in [1.82, 2.24) is 4.98 Å². The summed E-state index contributed by atoms with van der Waals surface area (Å²) in [6.45, 7) is 0.636. The van der Waals surface area contributed by atoms with Crippen LogP contribution in [0.4, 0.5) is 0 Å². The number of ketones is 1. The minimum absolute atomic E-state index is 0.0497. The van der Waals surface area contributed by atoms with Crippen LogP contribution in [0.3, 0.4) is 0 Å². The standard InChI is InChI=1S/C11H11NO2/c13-10(11-2-1-7-14-11)8-9-3-5-12-6-4-9/h2-6H,1,7-8H2. The van der Waals surface area contributed by atoms with Crippen molar-refractivity contribution in [2.75, 3.05) is 6.61 Å². The highest BCUT2D eigenvalue weighted by molar-refractivity contribution is 5.95. The second kappa shape index (κ2) is 4.05. The fourth-order valence-corrected chi connectivity index (χ4v) is 1.39. The smallest absolute Gasteiger partial charge is 0.201 e. The Balaban J connectivity index is 2.01. The van der Waals surface area contributed by atoms with Gasteiger partial charge in [0.05, 0.1) is 6.61 Å². The Bertz CT molecular complexity index is 357. The Hall–Kier alpha value is -1.64. The van der Waals surface area contributed by atoms with Crippen LogP contribution in [0.25, 0.3) is 0 Å². The van der Waals surface area contributed by atoms with E-state index in [2.05, 4.69) is 4.98 Å². The Labute approximate surface area is 82.4 Å². The van der Waals surface area contributed by atoms with Gasteiger partial charge in [-0.15, -0.1) is 0 Å². The van der Waals surface area contributed by atoms with Gasteiger partial charge in [-0.25, -0.2) is 0 Å². The molecule has 0 radical (unpaired) electrons. The highest BCUT2D eigenvalue weighted by Gasteiger charge is 2.14. The van der Waals surface area contributed by atoms with Gasteiger partial charge in [-0.1, -0.05) is 0 Å². The first-order valence-corrected chi connectivity index (χ1v) is 4.61. The molecule has 3 nitrogen and oxygen atoms in total. The van der Waals surface area contributed by atoms with Crippen LogP contribution in [0.1, 0.15) is 12.0 Å². The lowest BCUT2D eigenvalue weighted by atomic mass is 10.1. The minimum atomic E-state index is 0.0497. The van der Waals surface area contributed by atoms with E-state index < -0.39 is 0 Å². The maximum atomic E-state index is 11.6. The fraction of sp³-hybridized carbons (Fsp3) is 0.273. The third-order valence-electron chi connectivity index (χ3n) is 2.09. The summed E-state index contributed by atoms with van der Waals surface area (Å²) in [5, 5.41) is 0. The lowest BCUT2D eigenvalue weighted by Crippen LogP contribution is -2.06. The van der Waals surface area contributed by atoms with Crippen molar-refractivity contribution < 1.29 is 9.53 Å². The molecule has 0 saturated carbocycles. The molecule has 3 heteroatoms. The van der Waals surface area contributed by atoms with Gasteiger partial charge in [0.15, 0.2) is 5.76 Å². The van der Waals surface area contributed by atoms with E-state index in [1.54, 1.807) is 12.4 Å². The van der Waals surface area contributed by atoms with Gasteiger partial charge < -0.3 is 4.74 Å². The molecule has 2 rings (SSSR count). The maximum absolute atomic E-state index is 11.6. The molecule has 0 aliphatic carbocycles. The van der Waals surface area contributed by atoms with Gasteiger partial charge in [0.2, 0.25) is 5.78 Å². The average Bonchev–Trinajstić information content (AvgIpc) is 2.72. The molecule has 1 aliphatic rings. The summed E-state index contributed by atoms with van der Waals surface area (Å²) in [5.41, 5.74) is 0.974. The minimum Gasteiger partial charge on any atom is -0.490 e. The van der Waals surface area contributed by atoms with E-state index in [-0.39, 0.29) is 5.78 Å². The van der Waals surface area contributed by atoms with Gasteiger partial charge in [-0.2, -0.15) is 0 Å². The molecule has 0 atom stereocenters. The molecule has 0 N–H and O–H groups in total. The molecule has 0 bridgehead atoms. The second-order valence-electron chi connectivity index (χ2n) is 3.16. The van der Waals surface area contributed by atoms with Crippen molar-refractivity contribution in [1.29, 1.82) is 0 Å². The van der Waals surface area contributed by atoms with Crippen LogP contribution in [-0.4, -0.2) is 17.4 Å². The lowest BCUT2D eigenvalue weighted by Gasteiger charge is -2.02. The summed E-state index contributed by atoms with van der Waals surface area (Å²) in [7, 11) is 0. The molecule has 72 valence electrons. The third kappa shape index (κ3) is 1.99. The summed E-state index contributed by atoms with van der Waals surface area (Å²) in [5.74, 6) is 0.565. The molecule has 0 amide bonds. The van der Waals surface area contributed by atoms with Crippen molar-refractivity contribution in [2.45, 2.75) is 12.8 Å². The van der Waals surface area contributed by atoms with Crippen LogP contribution in [0.15, 0.2) is 36.4 Å². The van der Waals surface area contributed by atoms with E-state index in [1.165, 1.54) is 0 Å². The number of allylic oxidation sites excluding steroid dienone is 1. The van der Waals surface area contributed by atoms with Crippen molar-refractivity contribution in [3.05, 3.63) is 41.9 Å². The molecule has 0 aromatic carbocycles. The van der Waals surface area contributed by atoms with Crippen LogP contribution < -0.4 is 0 Å². The van der Waals surface area contributed by atoms with Gasteiger partial charge in [0, 0.05) is 25.2 Å². The van der Waals surface area contributed by atoms with E-state index in [0.717, 1.165) is 12.0 Å². The molecule has 0 saturated heterocycles. The van der Waals surface area contributed by atoms with Gasteiger partial charge in [0.25, 0.3) is 0 Å². The first kappa shape index (κ1) is 8.94. The van der Waals surface area contributed by atoms with Gasteiger partial charge in [-0.3, -0.25) is 9.78 Å². The van der Waals surface area contributed by atoms with Crippen LogP contribution in [0.2, 0.25) is 0 Å². The van der Waals surface area contributed by atoms with Crippen molar-refractivity contribution in [3.63, 3.8) is 0 Å². The topological polar surface area (TPSA) is 39.2 Å². The predicted octanol–water partition coefficient (Wildman–Crippen LogP) is 1.50. The van der Waals surface area contributed by atoms with E-state index in [1.807, 2.05) is 18.2 Å². The first-order valence-electron chi connectivity index (χ1n) is 4.61. The number of pyridine rings is 1. The molecule has 0 unspecified atom stereocenters. The number of carbonyl (C=O) groups excluding carboxylic acids is 1. The van der Waals surface area contributed by atoms with Crippen molar-refractivity contribution in [3.8, 4) is 0 Å². The fourth-order valence-electron chi connectivity index (χ4n) is 1.39. The zero-order valence-electron chi connectivity index (χ0n) is 7.77. The number of hydrogen-bond donors (Lipinski definition) is 0. The Morgan fingerprint density at radius 3 is 2.86 bits per heavy atom. The molecule has 14 heavy (non-hydrogen) atoms. The molecule has 0 spiro atoms. The number of carbonyl (C=O) groups is 1. The SMILES string of the molecule is O=C(Cc1ccncc1)C1=CCCO1. The molecule has 1 aliphatic heterocycles. The summed E-state index contributed by atoms with van der Waals surface area (Å²) in [6.07, 6.45) is 6.47. The Kier molecular flexibility index (Phi) is 2.58.